The molecule has 0 radical (unpaired) electrons. The topological polar surface area (TPSA) is 122 Å². The lowest BCUT2D eigenvalue weighted by molar-refractivity contribution is -0.384. The number of aromatic nitrogens is 1. The first-order chi connectivity index (χ1) is 11.5. The SMILES string of the molecule is NCC1CCCCN1C(=O)c1cc(=O)[nH]c2ccc([N+](=O)[O-])cc12. The maximum Gasteiger partial charge on any atom is 0.270 e. The first kappa shape index (κ1) is 16.1. The molecular weight excluding hydrogens is 312 g/mol. The number of carbonyl (C=O) groups excluding carboxylic acids is 1. The molecule has 1 aliphatic rings. The number of rotatable bonds is 3. The number of nitrogens with one attached hydrogen (secondary N) is 1. The van der Waals surface area contributed by atoms with E-state index in [9.17, 15) is 19.7 Å². The van der Waals surface area contributed by atoms with Crippen molar-refractivity contribution in [3.8, 4) is 0 Å². The van der Waals surface area contributed by atoms with E-state index in [4.69, 9.17) is 5.73 Å². The molecule has 0 saturated carbocycles. The number of piperidine rings is 1. The van der Waals surface area contributed by atoms with Crippen LogP contribution in [0.4, 0.5) is 5.69 Å². The van der Waals surface area contributed by atoms with Crippen LogP contribution >= 0.6 is 0 Å². The molecule has 1 aromatic carbocycles. The van der Waals surface area contributed by atoms with Crippen molar-refractivity contribution >= 4 is 22.5 Å². The van der Waals surface area contributed by atoms with Gasteiger partial charge in [0.25, 0.3) is 11.6 Å². The van der Waals surface area contributed by atoms with Crippen LogP contribution in [0.25, 0.3) is 10.9 Å². The number of hydrogen-bond acceptors (Lipinski definition) is 5. The van der Waals surface area contributed by atoms with Gasteiger partial charge in [-0.25, -0.2) is 0 Å². The number of likely N-dealkylation sites (tertiary alicyclic amines) is 1. The third-order valence-electron chi connectivity index (χ3n) is 4.43. The number of carbonyl (C=O) groups is 1. The minimum Gasteiger partial charge on any atom is -0.334 e. The van der Waals surface area contributed by atoms with Crippen molar-refractivity contribution in [2.45, 2.75) is 25.3 Å². The van der Waals surface area contributed by atoms with Gasteiger partial charge in [-0.05, 0) is 25.3 Å². The Morgan fingerprint density at radius 3 is 2.88 bits per heavy atom. The number of H-pyrrole nitrogens is 1. The summed E-state index contributed by atoms with van der Waals surface area (Å²) in [4.78, 5) is 39.6. The number of fused-ring (bicyclic) bond motifs is 1. The molecule has 24 heavy (non-hydrogen) atoms. The monoisotopic (exact) mass is 330 g/mol. The molecule has 0 spiro atoms. The Balaban J connectivity index is 2.13. The van der Waals surface area contributed by atoms with Gasteiger partial charge in [-0.3, -0.25) is 19.7 Å². The Kier molecular flexibility index (Phi) is 4.30. The molecule has 1 aliphatic heterocycles. The molecule has 2 aromatic rings. The summed E-state index contributed by atoms with van der Waals surface area (Å²) >= 11 is 0. The van der Waals surface area contributed by atoms with Gasteiger partial charge < -0.3 is 15.6 Å². The second-order valence-corrected chi connectivity index (χ2v) is 5.92. The maximum atomic E-state index is 13.0. The number of nitro groups is 1. The van der Waals surface area contributed by atoms with Crippen LogP contribution in [0.3, 0.4) is 0 Å². The molecule has 1 saturated heterocycles. The van der Waals surface area contributed by atoms with Crippen LogP contribution in [0, 0.1) is 10.1 Å². The molecule has 8 nitrogen and oxygen atoms in total. The Bertz CT molecular complexity index is 861. The van der Waals surface area contributed by atoms with Crippen LogP contribution in [-0.4, -0.2) is 39.8 Å². The largest absolute Gasteiger partial charge is 0.334 e. The fourth-order valence-electron chi connectivity index (χ4n) is 3.20. The minimum atomic E-state index is -0.525. The van der Waals surface area contributed by atoms with E-state index in [2.05, 4.69) is 4.98 Å². The first-order valence-electron chi connectivity index (χ1n) is 7.84. The van der Waals surface area contributed by atoms with Crippen LogP contribution < -0.4 is 11.3 Å². The molecule has 2 heterocycles. The van der Waals surface area contributed by atoms with Gasteiger partial charge in [-0.2, -0.15) is 0 Å². The van der Waals surface area contributed by atoms with Gasteiger partial charge in [0, 0.05) is 48.2 Å². The maximum absolute atomic E-state index is 13.0. The molecule has 1 unspecified atom stereocenters. The zero-order valence-corrected chi connectivity index (χ0v) is 13.0. The van der Waals surface area contributed by atoms with Gasteiger partial charge in [-0.15, -0.1) is 0 Å². The highest BCUT2D eigenvalue weighted by molar-refractivity contribution is 6.06. The number of non-ortho nitro benzene ring substituents is 1. The standard InChI is InChI=1S/C16H18N4O4/c17-9-11-3-1-2-6-19(11)16(22)13-8-15(21)18-14-5-4-10(20(23)24)7-12(13)14/h4-5,7-8,11H,1-3,6,9,17H2,(H,18,21). The Hall–Kier alpha value is -2.74. The number of benzene rings is 1. The third-order valence-corrected chi connectivity index (χ3v) is 4.43. The number of amides is 1. The third kappa shape index (κ3) is 2.88. The van der Waals surface area contributed by atoms with E-state index in [0.29, 0.717) is 24.0 Å². The smallest absolute Gasteiger partial charge is 0.270 e. The quantitative estimate of drug-likeness (QED) is 0.650. The Morgan fingerprint density at radius 1 is 1.38 bits per heavy atom. The highest BCUT2D eigenvalue weighted by Gasteiger charge is 2.28. The fourth-order valence-corrected chi connectivity index (χ4v) is 3.20. The van der Waals surface area contributed by atoms with E-state index in [1.54, 1.807) is 4.90 Å². The number of nitrogens with two attached hydrogens (primary N) is 1. The fraction of sp³-hybridized carbons (Fsp3) is 0.375. The van der Waals surface area contributed by atoms with E-state index >= 15 is 0 Å². The zero-order valence-electron chi connectivity index (χ0n) is 13.0. The van der Waals surface area contributed by atoms with Gasteiger partial charge in [0.2, 0.25) is 5.56 Å². The summed E-state index contributed by atoms with van der Waals surface area (Å²) in [5.41, 5.74) is 5.80. The average molecular weight is 330 g/mol. The molecule has 3 rings (SSSR count). The van der Waals surface area contributed by atoms with Crippen molar-refractivity contribution in [3.05, 3.63) is 50.3 Å². The molecule has 1 fully saturated rings. The molecule has 1 atom stereocenters. The van der Waals surface area contributed by atoms with E-state index in [1.165, 1.54) is 24.3 Å². The number of aromatic amines is 1. The summed E-state index contributed by atoms with van der Waals surface area (Å²) in [6.07, 6.45) is 2.71. The second-order valence-electron chi connectivity index (χ2n) is 5.92. The average Bonchev–Trinajstić information content (AvgIpc) is 2.59. The Morgan fingerprint density at radius 2 is 2.17 bits per heavy atom. The summed E-state index contributed by atoms with van der Waals surface area (Å²) in [6.45, 7) is 0.928. The zero-order chi connectivity index (χ0) is 17.3. The van der Waals surface area contributed by atoms with Crippen molar-refractivity contribution < 1.29 is 9.72 Å². The van der Waals surface area contributed by atoms with Crippen LogP contribution in [0.5, 0.6) is 0 Å². The number of nitro benzene ring substituents is 1. The van der Waals surface area contributed by atoms with Gasteiger partial charge in [0.15, 0.2) is 0 Å². The van der Waals surface area contributed by atoms with Crippen molar-refractivity contribution in [3.63, 3.8) is 0 Å². The predicted octanol–water partition coefficient (Wildman–Crippen LogP) is 1.39. The lowest BCUT2D eigenvalue weighted by Crippen LogP contribution is -2.47. The minimum absolute atomic E-state index is 0.0701. The van der Waals surface area contributed by atoms with Gasteiger partial charge in [0.05, 0.1) is 10.5 Å². The van der Waals surface area contributed by atoms with Crippen LogP contribution in [0.1, 0.15) is 29.6 Å². The number of nitrogens with zero attached hydrogens (tertiary/aromatic N) is 2. The van der Waals surface area contributed by atoms with E-state index in [0.717, 1.165) is 19.3 Å². The van der Waals surface area contributed by atoms with E-state index < -0.39 is 10.5 Å². The molecule has 0 aliphatic carbocycles. The van der Waals surface area contributed by atoms with Crippen molar-refractivity contribution in [2.75, 3.05) is 13.1 Å². The molecule has 1 amide bonds. The molecule has 3 N–H and O–H groups in total. The van der Waals surface area contributed by atoms with Gasteiger partial charge in [-0.1, -0.05) is 0 Å². The van der Waals surface area contributed by atoms with Gasteiger partial charge >= 0.3 is 0 Å². The normalized spacial score (nSPS) is 17.9. The molecule has 8 heteroatoms. The molecular formula is C16H18N4O4. The molecule has 126 valence electrons. The summed E-state index contributed by atoms with van der Waals surface area (Å²) in [7, 11) is 0. The molecule has 0 bridgehead atoms. The van der Waals surface area contributed by atoms with Crippen molar-refractivity contribution in [1.82, 2.24) is 9.88 Å². The summed E-state index contributed by atoms with van der Waals surface area (Å²) in [5.74, 6) is -0.304. The van der Waals surface area contributed by atoms with Crippen LogP contribution in [-0.2, 0) is 0 Å². The summed E-state index contributed by atoms with van der Waals surface area (Å²) in [6, 6.07) is 5.20. The van der Waals surface area contributed by atoms with Gasteiger partial charge in [0.1, 0.15) is 0 Å². The number of pyridine rings is 1. The highest BCUT2D eigenvalue weighted by Crippen LogP contribution is 2.25. The highest BCUT2D eigenvalue weighted by atomic mass is 16.6. The summed E-state index contributed by atoms with van der Waals surface area (Å²) < 4.78 is 0. The summed E-state index contributed by atoms with van der Waals surface area (Å²) in [5, 5.41) is 11.4. The van der Waals surface area contributed by atoms with Crippen molar-refractivity contribution in [2.24, 2.45) is 5.73 Å². The second kappa shape index (κ2) is 6.40. The lowest BCUT2D eigenvalue weighted by Gasteiger charge is -2.35. The van der Waals surface area contributed by atoms with E-state index in [1.807, 2.05) is 0 Å². The molecule has 1 aromatic heterocycles. The van der Waals surface area contributed by atoms with Crippen molar-refractivity contribution in [1.29, 1.82) is 0 Å². The van der Waals surface area contributed by atoms with E-state index in [-0.39, 0.29) is 23.2 Å². The first-order valence-corrected chi connectivity index (χ1v) is 7.84. The Labute approximate surface area is 137 Å². The number of hydrogen-bond donors (Lipinski definition) is 2. The predicted molar refractivity (Wildman–Crippen MR) is 89.0 cm³/mol. The van der Waals surface area contributed by atoms with Crippen LogP contribution in [0.2, 0.25) is 0 Å². The lowest BCUT2D eigenvalue weighted by atomic mass is 9.99. The van der Waals surface area contributed by atoms with Crippen LogP contribution in [0.15, 0.2) is 29.1 Å².